The molecule has 2 N–H and O–H groups in total. The maximum absolute atomic E-state index is 11.6. The van der Waals surface area contributed by atoms with Crippen LogP contribution in [0.2, 0.25) is 0 Å². The maximum atomic E-state index is 11.6. The number of nitrogens with one attached hydrogen (secondary N) is 2. The van der Waals surface area contributed by atoms with Crippen LogP contribution >= 0.6 is 0 Å². The number of H-pyrrole nitrogens is 1. The number of nitro groups is 1. The Kier molecular flexibility index (Phi) is 2.52. The minimum absolute atomic E-state index is 0.0384. The lowest BCUT2D eigenvalue weighted by Gasteiger charge is -2.21. The van der Waals surface area contributed by atoms with Gasteiger partial charge in [0.2, 0.25) is 5.91 Å². The molecule has 2 aromatic rings. The zero-order valence-corrected chi connectivity index (χ0v) is 9.79. The first-order chi connectivity index (χ1) is 9.15. The number of carbonyl (C=O) groups is 1. The highest BCUT2D eigenvalue weighted by Crippen LogP contribution is 2.36. The summed E-state index contributed by atoms with van der Waals surface area (Å²) in [6.45, 7) is 0. The molecule has 0 aliphatic carbocycles. The summed E-state index contributed by atoms with van der Waals surface area (Å²) >= 11 is 0. The second kappa shape index (κ2) is 4.20. The second-order valence-electron chi connectivity index (χ2n) is 4.34. The Morgan fingerprint density at radius 3 is 2.74 bits per heavy atom. The second-order valence-corrected chi connectivity index (χ2v) is 4.34. The predicted octanol–water partition coefficient (Wildman–Crippen LogP) is 1.79. The Balaban J connectivity index is 1.99. The molecule has 1 aromatic heterocycles. The number of anilines is 1. The average Bonchev–Trinajstić information content (AvgIpc) is 2.85. The van der Waals surface area contributed by atoms with E-state index in [2.05, 4.69) is 15.5 Å². The molecule has 96 valence electrons. The van der Waals surface area contributed by atoms with Crippen LogP contribution in [0.5, 0.6) is 0 Å². The third-order valence-corrected chi connectivity index (χ3v) is 3.20. The summed E-state index contributed by atoms with van der Waals surface area (Å²) in [5.74, 6) is 0.297. The third-order valence-electron chi connectivity index (χ3n) is 3.20. The van der Waals surface area contributed by atoms with Gasteiger partial charge in [-0.2, -0.15) is 5.10 Å². The van der Waals surface area contributed by atoms with E-state index in [1.807, 2.05) is 0 Å². The minimum Gasteiger partial charge on any atom is -0.309 e. The third kappa shape index (κ3) is 1.95. The molecule has 0 radical (unpaired) electrons. The fourth-order valence-electron chi connectivity index (χ4n) is 2.27. The van der Waals surface area contributed by atoms with Crippen molar-refractivity contribution in [1.82, 2.24) is 10.2 Å². The molecule has 1 atom stereocenters. The smallest absolute Gasteiger partial charge is 0.269 e. The first-order valence-corrected chi connectivity index (χ1v) is 5.73. The molecule has 19 heavy (non-hydrogen) atoms. The van der Waals surface area contributed by atoms with Crippen LogP contribution in [0.15, 0.2) is 30.5 Å². The number of aromatic nitrogens is 2. The number of rotatable bonds is 2. The zero-order valence-electron chi connectivity index (χ0n) is 9.79. The fourth-order valence-corrected chi connectivity index (χ4v) is 2.27. The van der Waals surface area contributed by atoms with Gasteiger partial charge in [-0.25, -0.2) is 0 Å². The van der Waals surface area contributed by atoms with Gasteiger partial charge >= 0.3 is 0 Å². The van der Waals surface area contributed by atoms with Gasteiger partial charge < -0.3 is 5.32 Å². The van der Waals surface area contributed by atoms with E-state index in [9.17, 15) is 14.9 Å². The number of nitro benzene ring substituents is 1. The summed E-state index contributed by atoms with van der Waals surface area (Å²) in [5, 5.41) is 20.0. The van der Waals surface area contributed by atoms with Gasteiger partial charge in [-0.05, 0) is 5.56 Å². The van der Waals surface area contributed by atoms with E-state index in [-0.39, 0.29) is 17.5 Å². The SMILES string of the molecule is O=C1CC(c2ccc([N+](=O)[O-])cc2)c2c[nH]nc2N1. The summed E-state index contributed by atoms with van der Waals surface area (Å²) in [4.78, 5) is 21.8. The molecule has 2 heterocycles. The van der Waals surface area contributed by atoms with Gasteiger partial charge in [-0.1, -0.05) is 12.1 Å². The van der Waals surface area contributed by atoms with E-state index in [1.165, 1.54) is 12.1 Å². The van der Waals surface area contributed by atoms with Gasteiger partial charge in [-0.3, -0.25) is 20.0 Å². The summed E-state index contributed by atoms with van der Waals surface area (Å²) in [6, 6.07) is 6.25. The van der Waals surface area contributed by atoms with Crippen LogP contribution in [0.4, 0.5) is 11.5 Å². The molecule has 1 amide bonds. The molecule has 0 bridgehead atoms. The number of nitrogens with zero attached hydrogens (tertiary/aromatic N) is 2. The summed E-state index contributed by atoms with van der Waals surface area (Å²) in [6.07, 6.45) is 2.05. The van der Waals surface area contributed by atoms with Gasteiger partial charge in [0.05, 0.1) is 4.92 Å². The van der Waals surface area contributed by atoms with Crippen molar-refractivity contribution in [2.24, 2.45) is 0 Å². The molecule has 0 saturated carbocycles. The van der Waals surface area contributed by atoms with E-state index in [4.69, 9.17) is 0 Å². The Hall–Kier alpha value is -2.70. The normalized spacial score (nSPS) is 17.7. The lowest BCUT2D eigenvalue weighted by atomic mass is 9.87. The lowest BCUT2D eigenvalue weighted by Crippen LogP contribution is -2.22. The van der Waals surface area contributed by atoms with Crippen LogP contribution in [0.3, 0.4) is 0 Å². The zero-order chi connectivity index (χ0) is 13.4. The number of hydrogen-bond acceptors (Lipinski definition) is 4. The molecule has 7 nitrogen and oxygen atoms in total. The highest BCUT2D eigenvalue weighted by atomic mass is 16.6. The van der Waals surface area contributed by atoms with Crippen LogP contribution in [-0.4, -0.2) is 21.0 Å². The van der Waals surface area contributed by atoms with Crippen molar-refractivity contribution in [3.63, 3.8) is 0 Å². The van der Waals surface area contributed by atoms with Gasteiger partial charge in [0.15, 0.2) is 5.82 Å². The van der Waals surface area contributed by atoms with Crippen LogP contribution < -0.4 is 5.32 Å². The monoisotopic (exact) mass is 258 g/mol. The molecular formula is C12H10N4O3. The molecule has 7 heteroatoms. The molecule has 3 rings (SSSR count). The standard InChI is InChI=1S/C12H10N4O3/c17-11-5-9(10-6-13-15-12(10)14-11)7-1-3-8(4-2-7)16(18)19/h1-4,6,9H,5H2,(H2,13,14,15,17). The number of amides is 1. The quantitative estimate of drug-likeness (QED) is 0.633. The van der Waals surface area contributed by atoms with Gasteiger partial charge in [0.25, 0.3) is 5.69 Å². The molecule has 1 unspecified atom stereocenters. The van der Waals surface area contributed by atoms with Crippen molar-refractivity contribution < 1.29 is 9.72 Å². The number of benzene rings is 1. The van der Waals surface area contributed by atoms with E-state index in [0.717, 1.165) is 11.1 Å². The van der Waals surface area contributed by atoms with Gasteiger partial charge in [0, 0.05) is 36.2 Å². The molecular weight excluding hydrogens is 248 g/mol. The Bertz CT molecular complexity index is 647. The number of carbonyl (C=O) groups excluding carboxylic acids is 1. The predicted molar refractivity (Wildman–Crippen MR) is 66.8 cm³/mol. The fraction of sp³-hybridized carbons (Fsp3) is 0.167. The Morgan fingerprint density at radius 1 is 1.32 bits per heavy atom. The first kappa shape index (κ1) is 11.4. The molecule has 1 aliphatic heterocycles. The van der Waals surface area contributed by atoms with Gasteiger partial charge in [-0.15, -0.1) is 0 Å². The molecule has 0 saturated heterocycles. The lowest BCUT2D eigenvalue weighted by molar-refractivity contribution is -0.384. The van der Waals surface area contributed by atoms with E-state index in [0.29, 0.717) is 12.2 Å². The molecule has 0 fully saturated rings. The summed E-state index contributed by atoms with van der Waals surface area (Å²) in [5.41, 5.74) is 1.80. The number of non-ortho nitro benzene ring substituents is 1. The number of aromatic amines is 1. The van der Waals surface area contributed by atoms with Crippen molar-refractivity contribution in [2.45, 2.75) is 12.3 Å². The minimum atomic E-state index is -0.444. The number of fused-ring (bicyclic) bond motifs is 1. The Labute approximate surface area is 107 Å². The van der Waals surface area contributed by atoms with Crippen molar-refractivity contribution in [3.05, 3.63) is 51.7 Å². The highest BCUT2D eigenvalue weighted by Gasteiger charge is 2.28. The van der Waals surface area contributed by atoms with Crippen molar-refractivity contribution >= 4 is 17.4 Å². The van der Waals surface area contributed by atoms with Crippen LogP contribution in [0.25, 0.3) is 0 Å². The summed E-state index contributed by atoms with van der Waals surface area (Å²) < 4.78 is 0. The van der Waals surface area contributed by atoms with E-state index >= 15 is 0 Å². The largest absolute Gasteiger partial charge is 0.309 e. The maximum Gasteiger partial charge on any atom is 0.269 e. The summed E-state index contributed by atoms with van der Waals surface area (Å²) in [7, 11) is 0. The van der Waals surface area contributed by atoms with Crippen LogP contribution in [0.1, 0.15) is 23.5 Å². The topological polar surface area (TPSA) is 101 Å². The average molecular weight is 258 g/mol. The van der Waals surface area contributed by atoms with Crippen molar-refractivity contribution in [2.75, 3.05) is 5.32 Å². The molecule has 1 aromatic carbocycles. The van der Waals surface area contributed by atoms with E-state index < -0.39 is 4.92 Å². The molecule has 1 aliphatic rings. The first-order valence-electron chi connectivity index (χ1n) is 5.73. The highest BCUT2D eigenvalue weighted by molar-refractivity contribution is 5.94. The van der Waals surface area contributed by atoms with Crippen LogP contribution in [0, 0.1) is 10.1 Å². The van der Waals surface area contributed by atoms with Crippen molar-refractivity contribution in [3.8, 4) is 0 Å². The number of hydrogen-bond donors (Lipinski definition) is 2. The molecule has 0 spiro atoms. The van der Waals surface area contributed by atoms with Crippen molar-refractivity contribution in [1.29, 1.82) is 0 Å². The van der Waals surface area contributed by atoms with E-state index in [1.54, 1.807) is 18.3 Å². The van der Waals surface area contributed by atoms with Crippen LogP contribution in [-0.2, 0) is 4.79 Å². The van der Waals surface area contributed by atoms with Gasteiger partial charge in [0.1, 0.15) is 0 Å². The Morgan fingerprint density at radius 2 is 2.05 bits per heavy atom.